The van der Waals surface area contributed by atoms with Gasteiger partial charge in [-0.1, -0.05) is 0 Å². The van der Waals surface area contributed by atoms with Gasteiger partial charge >= 0.3 is 5.97 Å². The Bertz CT molecular complexity index is 267. The Balaban J connectivity index is 2.55. The molecule has 0 amide bonds. The van der Waals surface area contributed by atoms with Gasteiger partial charge < -0.3 is 14.0 Å². The summed E-state index contributed by atoms with van der Waals surface area (Å²) in [5.74, 6) is -0.178. The van der Waals surface area contributed by atoms with Crippen LogP contribution in [0.15, 0.2) is 0 Å². The lowest BCUT2D eigenvalue weighted by molar-refractivity contribution is -0.928. The molecule has 0 unspecified atom stereocenters. The van der Waals surface area contributed by atoms with Crippen molar-refractivity contribution in [3.8, 4) is 6.07 Å². The maximum atomic E-state index is 11.5. The quantitative estimate of drug-likeness (QED) is 0.501. The number of ether oxygens (including phenoxy) is 2. The molecule has 16 heavy (non-hydrogen) atoms. The second-order valence-electron chi connectivity index (χ2n) is 4.00. The van der Waals surface area contributed by atoms with Crippen LogP contribution in [0, 0.1) is 11.3 Å². The number of nitrogens with zero attached hydrogens (tertiary/aromatic N) is 2. The number of morpholine rings is 1. The summed E-state index contributed by atoms with van der Waals surface area (Å²) in [5.41, 5.74) is 0. The van der Waals surface area contributed by atoms with E-state index in [2.05, 4.69) is 6.07 Å². The molecule has 5 heteroatoms. The summed E-state index contributed by atoms with van der Waals surface area (Å²) >= 11 is 0. The zero-order chi connectivity index (χ0) is 11.9. The molecule has 0 saturated carbocycles. The molecule has 0 aliphatic carbocycles. The Hall–Kier alpha value is -1.12. The largest absolute Gasteiger partial charge is 0.462 e. The van der Waals surface area contributed by atoms with Crippen molar-refractivity contribution in [3.05, 3.63) is 0 Å². The van der Waals surface area contributed by atoms with E-state index in [1.807, 2.05) is 0 Å². The highest BCUT2D eigenvalue weighted by Gasteiger charge is 2.33. The summed E-state index contributed by atoms with van der Waals surface area (Å²) < 4.78 is 10.9. The molecule has 0 radical (unpaired) electrons. The minimum atomic E-state index is -0.178. The number of nitriles is 1. The highest BCUT2D eigenvalue weighted by molar-refractivity contribution is 5.70. The highest BCUT2D eigenvalue weighted by atomic mass is 16.5. The Morgan fingerprint density at radius 3 is 2.75 bits per heavy atom. The van der Waals surface area contributed by atoms with Gasteiger partial charge in [-0.15, -0.1) is 0 Å². The SMILES string of the molecule is CCOC(=O)C[N+]1(CCC#N)CCOCC1. The molecule has 5 nitrogen and oxygen atoms in total. The lowest BCUT2D eigenvalue weighted by Crippen LogP contribution is -2.58. The number of carbonyl (C=O) groups is 1. The molecule has 1 rings (SSSR count). The fourth-order valence-electron chi connectivity index (χ4n) is 1.96. The standard InChI is InChI=1S/C11H19N2O3/c1-2-16-11(14)10-13(5-3-4-12)6-8-15-9-7-13/h2-3,5-10H2,1H3/q+1. The van der Waals surface area contributed by atoms with Crippen LogP contribution in [-0.4, -0.2) is 56.5 Å². The molecule has 1 aliphatic rings. The summed E-state index contributed by atoms with van der Waals surface area (Å²) in [4.78, 5) is 11.5. The average Bonchev–Trinajstić information content (AvgIpc) is 2.28. The molecular formula is C11H19N2O3+. The van der Waals surface area contributed by atoms with E-state index in [4.69, 9.17) is 14.7 Å². The van der Waals surface area contributed by atoms with Crippen molar-refractivity contribution in [2.45, 2.75) is 13.3 Å². The van der Waals surface area contributed by atoms with Crippen molar-refractivity contribution in [2.75, 3.05) is 46.0 Å². The maximum Gasteiger partial charge on any atom is 0.361 e. The van der Waals surface area contributed by atoms with Gasteiger partial charge in [-0.3, -0.25) is 0 Å². The van der Waals surface area contributed by atoms with Crippen molar-refractivity contribution < 1.29 is 18.8 Å². The molecule has 1 heterocycles. The summed E-state index contributed by atoms with van der Waals surface area (Å²) in [6.07, 6.45) is 0.472. The van der Waals surface area contributed by atoms with Gasteiger partial charge in [0, 0.05) is 0 Å². The van der Waals surface area contributed by atoms with E-state index in [9.17, 15) is 4.79 Å². The molecule has 0 aromatic carbocycles. The number of carbonyl (C=O) groups excluding carboxylic acids is 1. The Labute approximate surface area is 96.1 Å². The van der Waals surface area contributed by atoms with Gasteiger partial charge in [0.1, 0.15) is 13.1 Å². The zero-order valence-electron chi connectivity index (χ0n) is 9.78. The van der Waals surface area contributed by atoms with E-state index in [1.165, 1.54) is 0 Å². The number of hydrogen-bond acceptors (Lipinski definition) is 4. The third kappa shape index (κ3) is 3.80. The van der Waals surface area contributed by atoms with E-state index >= 15 is 0 Å². The van der Waals surface area contributed by atoms with Crippen LogP contribution in [0.1, 0.15) is 13.3 Å². The number of quaternary nitrogens is 1. The fraction of sp³-hybridized carbons (Fsp3) is 0.818. The molecule has 0 N–H and O–H groups in total. The van der Waals surface area contributed by atoms with Gasteiger partial charge in [-0.2, -0.15) is 5.26 Å². The van der Waals surface area contributed by atoms with Crippen molar-refractivity contribution in [2.24, 2.45) is 0 Å². The van der Waals surface area contributed by atoms with Crippen LogP contribution in [0.2, 0.25) is 0 Å². The van der Waals surface area contributed by atoms with Crippen LogP contribution in [-0.2, 0) is 14.3 Å². The summed E-state index contributed by atoms with van der Waals surface area (Å²) in [7, 11) is 0. The molecule has 0 aromatic heterocycles. The first-order valence-corrected chi connectivity index (χ1v) is 5.68. The summed E-state index contributed by atoms with van der Waals surface area (Å²) in [6.45, 7) is 6.18. The first kappa shape index (κ1) is 12.9. The third-order valence-electron chi connectivity index (χ3n) is 2.89. The molecule has 1 saturated heterocycles. The number of rotatable bonds is 5. The third-order valence-corrected chi connectivity index (χ3v) is 2.89. The van der Waals surface area contributed by atoms with Crippen molar-refractivity contribution in [3.63, 3.8) is 0 Å². The number of hydrogen-bond donors (Lipinski definition) is 0. The van der Waals surface area contributed by atoms with Gasteiger partial charge in [-0.25, -0.2) is 4.79 Å². The lowest BCUT2D eigenvalue weighted by Gasteiger charge is -2.39. The topological polar surface area (TPSA) is 59.3 Å². The summed E-state index contributed by atoms with van der Waals surface area (Å²) in [5, 5.41) is 8.64. The van der Waals surface area contributed by atoms with Crippen LogP contribution in [0.5, 0.6) is 0 Å². The molecule has 90 valence electrons. The van der Waals surface area contributed by atoms with Crippen LogP contribution in [0.25, 0.3) is 0 Å². The van der Waals surface area contributed by atoms with Crippen molar-refractivity contribution in [1.29, 1.82) is 5.26 Å². The van der Waals surface area contributed by atoms with Crippen molar-refractivity contribution >= 4 is 5.97 Å². The molecule has 0 bridgehead atoms. The normalized spacial score (nSPS) is 18.8. The lowest BCUT2D eigenvalue weighted by atomic mass is 10.2. The molecule has 1 fully saturated rings. The molecular weight excluding hydrogens is 208 g/mol. The minimum Gasteiger partial charge on any atom is -0.462 e. The Morgan fingerprint density at radius 1 is 1.50 bits per heavy atom. The maximum absolute atomic E-state index is 11.5. The fourth-order valence-corrected chi connectivity index (χ4v) is 1.96. The molecule has 0 spiro atoms. The molecule has 1 aliphatic heterocycles. The van der Waals surface area contributed by atoms with Gasteiger partial charge in [0.25, 0.3) is 0 Å². The summed E-state index contributed by atoms with van der Waals surface area (Å²) in [6, 6.07) is 2.14. The Morgan fingerprint density at radius 2 is 2.19 bits per heavy atom. The van der Waals surface area contributed by atoms with Gasteiger partial charge in [0.05, 0.1) is 38.9 Å². The second kappa shape index (κ2) is 6.46. The van der Waals surface area contributed by atoms with Gasteiger partial charge in [0.15, 0.2) is 6.54 Å². The Kier molecular flexibility index (Phi) is 5.23. The predicted molar refractivity (Wildman–Crippen MR) is 57.4 cm³/mol. The van der Waals surface area contributed by atoms with E-state index < -0.39 is 0 Å². The van der Waals surface area contributed by atoms with Crippen LogP contribution >= 0.6 is 0 Å². The first-order chi connectivity index (χ1) is 7.72. The minimum absolute atomic E-state index is 0.178. The zero-order valence-corrected chi connectivity index (χ0v) is 9.78. The van der Waals surface area contributed by atoms with Crippen molar-refractivity contribution in [1.82, 2.24) is 0 Å². The van der Waals surface area contributed by atoms with Gasteiger partial charge in [-0.05, 0) is 6.92 Å². The van der Waals surface area contributed by atoms with E-state index in [0.717, 1.165) is 13.1 Å². The first-order valence-electron chi connectivity index (χ1n) is 5.68. The van der Waals surface area contributed by atoms with E-state index in [0.29, 0.717) is 43.8 Å². The van der Waals surface area contributed by atoms with Crippen LogP contribution in [0.3, 0.4) is 0 Å². The number of esters is 1. The molecule has 0 atom stereocenters. The molecule has 0 aromatic rings. The van der Waals surface area contributed by atoms with Gasteiger partial charge in [0.2, 0.25) is 0 Å². The van der Waals surface area contributed by atoms with E-state index in [-0.39, 0.29) is 5.97 Å². The second-order valence-corrected chi connectivity index (χ2v) is 4.00. The van der Waals surface area contributed by atoms with Crippen LogP contribution in [0.4, 0.5) is 0 Å². The average molecular weight is 227 g/mol. The monoisotopic (exact) mass is 227 g/mol. The highest BCUT2D eigenvalue weighted by Crippen LogP contribution is 2.12. The van der Waals surface area contributed by atoms with Crippen LogP contribution < -0.4 is 0 Å². The predicted octanol–water partition coefficient (Wildman–Crippen LogP) is 0.310. The van der Waals surface area contributed by atoms with E-state index in [1.54, 1.807) is 6.92 Å². The smallest absolute Gasteiger partial charge is 0.361 e.